The predicted octanol–water partition coefficient (Wildman–Crippen LogP) is 2.08. The average Bonchev–Trinajstić information content (AvgIpc) is 2.68. The molecule has 0 aliphatic rings. The molecular weight excluding hydrogens is 204 g/mol. The van der Waals surface area contributed by atoms with Gasteiger partial charge in [-0.3, -0.25) is 4.79 Å². The molecule has 0 radical (unpaired) electrons. The number of rotatable bonds is 1. The van der Waals surface area contributed by atoms with Crippen LogP contribution >= 0.6 is 0 Å². The number of aromatic nitrogens is 1. The van der Waals surface area contributed by atoms with Crippen LogP contribution in [0.3, 0.4) is 0 Å². The van der Waals surface area contributed by atoms with Gasteiger partial charge >= 0.3 is 0 Å². The summed E-state index contributed by atoms with van der Waals surface area (Å²) in [6.45, 7) is 0. The molecule has 2 N–H and O–H groups in total. The van der Waals surface area contributed by atoms with Gasteiger partial charge in [-0.05, 0) is 18.2 Å². The molecule has 0 atom stereocenters. The molecule has 3 aromatic rings. The SMILES string of the molecule is NC(=O)c1cc2cc3ccccc3nc2o1. The summed E-state index contributed by atoms with van der Waals surface area (Å²) in [5.41, 5.74) is 6.41. The lowest BCUT2D eigenvalue weighted by molar-refractivity contribution is 0.0975. The lowest BCUT2D eigenvalue weighted by atomic mass is 10.2. The maximum absolute atomic E-state index is 11.0. The van der Waals surface area contributed by atoms with E-state index in [1.54, 1.807) is 6.07 Å². The molecule has 0 bridgehead atoms. The highest BCUT2D eigenvalue weighted by molar-refractivity contribution is 5.97. The molecule has 2 heterocycles. The third kappa shape index (κ3) is 1.24. The van der Waals surface area contributed by atoms with Crippen molar-refractivity contribution in [3.63, 3.8) is 0 Å². The van der Waals surface area contributed by atoms with E-state index in [4.69, 9.17) is 10.2 Å². The zero-order valence-corrected chi connectivity index (χ0v) is 8.31. The van der Waals surface area contributed by atoms with Gasteiger partial charge < -0.3 is 10.2 Å². The van der Waals surface area contributed by atoms with E-state index in [0.717, 1.165) is 16.3 Å². The fourth-order valence-corrected chi connectivity index (χ4v) is 1.70. The number of nitrogens with zero attached hydrogens (tertiary/aromatic N) is 1. The molecule has 0 aliphatic heterocycles. The first-order valence-electron chi connectivity index (χ1n) is 4.83. The number of fused-ring (bicyclic) bond motifs is 2. The van der Waals surface area contributed by atoms with Gasteiger partial charge in [0.05, 0.1) is 5.52 Å². The molecule has 0 spiro atoms. The zero-order valence-electron chi connectivity index (χ0n) is 8.31. The lowest BCUT2D eigenvalue weighted by Gasteiger charge is -1.94. The molecule has 0 unspecified atom stereocenters. The van der Waals surface area contributed by atoms with Crippen LogP contribution in [-0.4, -0.2) is 10.9 Å². The van der Waals surface area contributed by atoms with Crippen LogP contribution < -0.4 is 5.73 Å². The predicted molar refractivity (Wildman–Crippen MR) is 60.0 cm³/mol. The Morgan fingerprint density at radius 2 is 2.00 bits per heavy atom. The smallest absolute Gasteiger partial charge is 0.284 e. The second-order valence-corrected chi connectivity index (χ2v) is 3.55. The maximum Gasteiger partial charge on any atom is 0.284 e. The van der Waals surface area contributed by atoms with Crippen LogP contribution in [-0.2, 0) is 0 Å². The van der Waals surface area contributed by atoms with Crippen LogP contribution in [0.2, 0.25) is 0 Å². The zero-order chi connectivity index (χ0) is 11.1. The normalized spacial score (nSPS) is 11.0. The fourth-order valence-electron chi connectivity index (χ4n) is 1.70. The van der Waals surface area contributed by atoms with E-state index in [0.29, 0.717) is 5.71 Å². The third-order valence-electron chi connectivity index (χ3n) is 2.45. The van der Waals surface area contributed by atoms with Gasteiger partial charge in [-0.1, -0.05) is 18.2 Å². The molecule has 2 aromatic heterocycles. The second kappa shape index (κ2) is 3.06. The largest absolute Gasteiger partial charge is 0.433 e. The topological polar surface area (TPSA) is 69.1 Å². The first-order valence-corrected chi connectivity index (χ1v) is 4.83. The summed E-state index contributed by atoms with van der Waals surface area (Å²) in [4.78, 5) is 15.3. The number of hydrogen-bond donors (Lipinski definition) is 1. The Morgan fingerprint density at radius 1 is 1.19 bits per heavy atom. The molecule has 4 heteroatoms. The third-order valence-corrected chi connectivity index (χ3v) is 2.45. The Balaban J connectivity index is 2.38. The fraction of sp³-hybridized carbons (Fsp3) is 0. The Kier molecular flexibility index (Phi) is 1.71. The molecule has 1 amide bonds. The molecule has 16 heavy (non-hydrogen) atoms. The van der Waals surface area contributed by atoms with Crippen LogP contribution in [0, 0.1) is 0 Å². The minimum Gasteiger partial charge on any atom is -0.433 e. The Morgan fingerprint density at radius 3 is 2.81 bits per heavy atom. The molecule has 0 fully saturated rings. The molecular formula is C12H8N2O2. The van der Waals surface area contributed by atoms with E-state index in [1.807, 2.05) is 30.3 Å². The number of hydrogen-bond acceptors (Lipinski definition) is 3. The van der Waals surface area contributed by atoms with Crippen molar-refractivity contribution >= 4 is 27.9 Å². The maximum atomic E-state index is 11.0. The highest BCUT2D eigenvalue weighted by Crippen LogP contribution is 2.22. The van der Waals surface area contributed by atoms with E-state index in [2.05, 4.69) is 4.98 Å². The number of pyridine rings is 1. The summed E-state index contributed by atoms with van der Waals surface area (Å²) < 4.78 is 5.25. The summed E-state index contributed by atoms with van der Waals surface area (Å²) in [7, 11) is 0. The first kappa shape index (κ1) is 8.91. The number of primary amides is 1. The van der Waals surface area contributed by atoms with Crippen molar-refractivity contribution in [2.24, 2.45) is 5.73 Å². The number of carbonyl (C=O) groups excluding carboxylic acids is 1. The van der Waals surface area contributed by atoms with Gasteiger partial charge in [0, 0.05) is 10.8 Å². The molecule has 1 aromatic carbocycles. The quantitative estimate of drug-likeness (QED) is 0.671. The van der Waals surface area contributed by atoms with E-state index >= 15 is 0 Å². The van der Waals surface area contributed by atoms with Gasteiger partial charge in [-0.25, -0.2) is 4.98 Å². The van der Waals surface area contributed by atoms with Crippen LogP contribution in [0.5, 0.6) is 0 Å². The van der Waals surface area contributed by atoms with Crippen LogP contribution in [0.15, 0.2) is 40.8 Å². The van der Waals surface area contributed by atoms with Crippen molar-refractivity contribution < 1.29 is 9.21 Å². The van der Waals surface area contributed by atoms with E-state index in [-0.39, 0.29) is 5.76 Å². The van der Waals surface area contributed by atoms with Crippen molar-refractivity contribution in [2.45, 2.75) is 0 Å². The van der Waals surface area contributed by atoms with Crippen molar-refractivity contribution in [3.05, 3.63) is 42.2 Å². The number of amides is 1. The van der Waals surface area contributed by atoms with Gasteiger partial charge in [0.15, 0.2) is 5.76 Å². The van der Waals surface area contributed by atoms with E-state index in [9.17, 15) is 4.79 Å². The van der Waals surface area contributed by atoms with Crippen molar-refractivity contribution in [1.82, 2.24) is 4.98 Å². The number of furan rings is 1. The van der Waals surface area contributed by atoms with Crippen LogP contribution in [0.25, 0.3) is 22.0 Å². The van der Waals surface area contributed by atoms with Crippen LogP contribution in [0.4, 0.5) is 0 Å². The summed E-state index contributed by atoms with van der Waals surface area (Å²) in [5.74, 6) is -0.445. The summed E-state index contributed by atoms with van der Waals surface area (Å²) in [5, 5.41) is 1.79. The van der Waals surface area contributed by atoms with Gasteiger partial charge in [0.25, 0.3) is 5.91 Å². The van der Waals surface area contributed by atoms with Gasteiger partial charge in [0.1, 0.15) is 0 Å². The minimum absolute atomic E-state index is 0.137. The van der Waals surface area contributed by atoms with E-state index in [1.165, 1.54) is 0 Å². The summed E-state index contributed by atoms with van der Waals surface area (Å²) >= 11 is 0. The molecule has 0 saturated heterocycles. The van der Waals surface area contributed by atoms with Crippen LogP contribution in [0.1, 0.15) is 10.6 Å². The Hall–Kier alpha value is -2.36. The highest BCUT2D eigenvalue weighted by atomic mass is 16.4. The number of para-hydroxylation sites is 1. The molecule has 0 aliphatic carbocycles. The van der Waals surface area contributed by atoms with Gasteiger partial charge in [-0.2, -0.15) is 0 Å². The Labute approximate surface area is 90.7 Å². The van der Waals surface area contributed by atoms with Crippen molar-refractivity contribution in [1.29, 1.82) is 0 Å². The minimum atomic E-state index is -0.581. The monoisotopic (exact) mass is 212 g/mol. The number of carbonyl (C=O) groups is 1. The van der Waals surface area contributed by atoms with Crippen molar-refractivity contribution in [3.8, 4) is 0 Å². The average molecular weight is 212 g/mol. The van der Waals surface area contributed by atoms with Gasteiger partial charge in [0.2, 0.25) is 5.71 Å². The number of benzene rings is 1. The van der Waals surface area contributed by atoms with E-state index < -0.39 is 5.91 Å². The molecule has 3 rings (SSSR count). The standard InChI is InChI=1S/C12H8N2O2/c13-11(15)10-6-8-5-7-3-1-2-4-9(7)14-12(8)16-10/h1-6H,(H2,13,15). The van der Waals surface area contributed by atoms with Crippen molar-refractivity contribution in [2.75, 3.05) is 0 Å². The lowest BCUT2D eigenvalue weighted by Crippen LogP contribution is -2.08. The van der Waals surface area contributed by atoms with Gasteiger partial charge in [-0.15, -0.1) is 0 Å². The summed E-state index contributed by atoms with van der Waals surface area (Å²) in [6, 6.07) is 11.2. The first-order chi connectivity index (χ1) is 7.74. The summed E-state index contributed by atoms with van der Waals surface area (Å²) in [6.07, 6.45) is 0. The second-order valence-electron chi connectivity index (χ2n) is 3.55. The molecule has 78 valence electrons. The highest BCUT2D eigenvalue weighted by Gasteiger charge is 2.10. The molecule has 0 saturated carbocycles. The Bertz CT molecular complexity index is 648. The molecule has 4 nitrogen and oxygen atoms in total. The number of nitrogens with two attached hydrogens (primary N) is 1.